The van der Waals surface area contributed by atoms with Crippen LogP contribution in [-0.2, 0) is 14.4 Å². The Kier molecular flexibility index (Phi) is 9.43. The molecule has 1 aliphatic heterocycles. The summed E-state index contributed by atoms with van der Waals surface area (Å²) in [6.07, 6.45) is 8.21. The second-order valence-corrected chi connectivity index (χ2v) is 7.27. The molecule has 1 heterocycles. The molecule has 0 spiro atoms. The average Bonchev–Trinajstić information content (AvgIpc) is 3.03. The Morgan fingerprint density at radius 3 is 1.93 bits per heavy atom. The smallest absolute Gasteiger partial charge is 0.414 e. The summed E-state index contributed by atoms with van der Waals surface area (Å²) in [5.74, 6) is -2.78. The van der Waals surface area contributed by atoms with E-state index in [4.69, 9.17) is 24.5 Å². The second kappa shape index (κ2) is 12.1. The molecule has 160 valence electrons. The van der Waals surface area contributed by atoms with Crippen LogP contribution >= 0.6 is 0 Å². The summed E-state index contributed by atoms with van der Waals surface area (Å²) in [6, 6.07) is 10.3. The maximum Gasteiger partial charge on any atom is 0.414 e. The molecule has 0 unspecified atom stereocenters. The Morgan fingerprint density at radius 1 is 0.862 bits per heavy atom. The zero-order valence-corrected chi connectivity index (χ0v) is 16.7. The Labute approximate surface area is 171 Å². The normalized spacial score (nSPS) is 18.1. The van der Waals surface area contributed by atoms with E-state index in [-0.39, 0.29) is 12.5 Å². The number of para-hydroxylation sites is 1. The van der Waals surface area contributed by atoms with Gasteiger partial charge in [0.2, 0.25) is 0 Å². The fourth-order valence-corrected chi connectivity index (χ4v) is 3.71. The van der Waals surface area contributed by atoms with Crippen molar-refractivity contribution in [2.45, 2.75) is 44.6 Å². The lowest BCUT2D eigenvalue weighted by Crippen LogP contribution is -2.52. The van der Waals surface area contributed by atoms with Gasteiger partial charge in [-0.25, -0.2) is 9.59 Å². The number of benzene rings is 1. The van der Waals surface area contributed by atoms with Crippen LogP contribution in [0.25, 0.3) is 0 Å². The molecule has 8 heteroatoms. The molecule has 2 fully saturated rings. The first-order chi connectivity index (χ1) is 14.0. The summed E-state index contributed by atoms with van der Waals surface area (Å²) in [7, 11) is 0. The highest BCUT2D eigenvalue weighted by Crippen LogP contribution is 2.23. The Bertz CT molecular complexity index is 638. The van der Waals surface area contributed by atoms with Crippen LogP contribution in [0.1, 0.15) is 38.5 Å². The number of ether oxygens (including phenoxy) is 1. The highest BCUT2D eigenvalue weighted by Gasteiger charge is 2.26. The Hall–Kier alpha value is -2.61. The lowest BCUT2D eigenvalue weighted by atomic mass is 10.1. The summed E-state index contributed by atoms with van der Waals surface area (Å²) >= 11 is 0. The molecule has 0 bridgehead atoms. The predicted molar refractivity (Wildman–Crippen MR) is 107 cm³/mol. The molecule has 2 aliphatic rings. The van der Waals surface area contributed by atoms with Gasteiger partial charge >= 0.3 is 11.9 Å². The van der Waals surface area contributed by atoms with Gasteiger partial charge in [-0.1, -0.05) is 43.9 Å². The van der Waals surface area contributed by atoms with Gasteiger partial charge in [-0.15, -0.1) is 0 Å². The van der Waals surface area contributed by atoms with Crippen molar-refractivity contribution in [1.29, 1.82) is 0 Å². The molecule has 1 aliphatic carbocycles. The van der Waals surface area contributed by atoms with Crippen molar-refractivity contribution in [2.24, 2.45) is 0 Å². The van der Waals surface area contributed by atoms with Gasteiger partial charge in [0.05, 0.1) is 0 Å². The summed E-state index contributed by atoms with van der Waals surface area (Å²) in [5, 5.41) is 14.8. The molecule has 2 N–H and O–H groups in total. The van der Waals surface area contributed by atoms with Crippen LogP contribution in [0, 0.1) is 0 Å². The van der Waals surface area contributed by atoms with E-state index in [2.05, 4.69) is 4.90 Å². The van der Waals surface area contributed by atoms with Crippen LogP contribution in [0.3, 0.4) is 0 Å². The number of nitrogens with zero attached hydrogens (tertiary/aromatic N) is 2. The van der Waals surface area contributed by atoms with Gasteiger partial charge < -0.3 is 19.8 Å². The molecular formula is C21H30N2O6. The van der Waals surface area contributed by atoms with E-state index in [0.29, 0.717) is 0 Å². The minimum absolute atomic E-state index is 0.106. The van der Waals surface area contributed by atoms with Crippen molar-refractivity contribution in [3.8, 4) is 5.75 Å². The van der Waals surface area contributed by atoms with Gasteiger partial charge in [0.15, 0.2) is 6.61 Å². The SMILES string of the molecule is O=C(COc1ccccc1)N1CCN(C2CCCCCC2)CC1.O=C(O)C(=O)O. The number of rotatable bonds is 4. The predicted octanol–water partition coefficient (Wildman–Crippen LogP) is 2.09. The molecule has 1 aromatic rings. The number of carbonyl (C=O) groups excluding carboxylic acids is 1. The van der Waals surface area contributed by atoms with Gasteiger partial charge in [-0.3, -0.25) is 9.69 Å². The van der Waals surface area contributed by atoms with Gasteiger partial charge in [-0.2, -0.15) is 0 Å². The molecule has 3 rings (SSSR count). The van der Waals surface area contributed by atoms with Crippen molar-refractivity contribution in [2.75, 3.05) is 32.8 Å². The fraction of sp³-hybridized carbons (Fsp3) is 0.571. The van der Waals surface area contributed by atoms with E-state index < -0.39 is 11.9 Å². The third-order valence-corrected chi connectivity index (χ3v) is 5.30. The fourth-order valence-electron chi connectivity index (χ4n) is 3.71. The number of carboxylic acids is 2. The molecule has 8 nitrogen and oxygen atoms in total. The highest BCUT2D eigenvalue weighted by atomic mass is 16.5. The molecule has 1 saturated heterocycles. The lowest BCUT2D eigenvalue weighted by molar-refractivity contribution is -0.159. The topological polar surface area (TPSA) is 107 Å². The molecule has 1 aromatic carbocycles. The monoisotopic (exact) mass is 406 g/mol. The highest BCUT2D eigenvalue weighted by molar-refractivity contribution is 6.27. The van der Waals surface area contributed by atoms with Crippen LogP contribution in [0.2, 0.25) is 0 Å². The van der Waals surface area contributed by atoms with Crippen LogP contribution in [0.4, 0.5) is 0 Å². The third-order valence-electron chi connectivity index (χ3n) is 5.30. The summed E-state index contributed by atoms with van der Waals surface area (Å²) in [4.78, 5) is 35.0. The molecule has 0 aromatic heterocycles. The van der Waals surface area contributed by atoms with Crippen molar-refractivity contribution >= 4 is 17.8 Å². The Balaban J connectivity index is 0.000000438. The number of hydrogen-bond acceptors (Lipinski definition) is 5. The van der Waals surface area contributed by atoms with Gasteiger partial charge in [0, 0.05) is 32.2 Å². The maximum atomic E-state index is 12.3. The molecule has 1 saturated carbocycles. The average molecular weight is 406 g/mol. The largest absolute Gasteiger partial charge is 0.484 e. The van der Waals surface area contributed by atoms with Gasteiger partial charge in [-0.05, 0) is 25.0 Å². The quantitative estimate of drug-likeness (QED) is 0.582. The minimum Gasteiger partial charge on any atom is -0.484 e. The zero-order valence-electron chi connectivity index (χ0n) is 16.7. The molecule has 1 amide bonds. The van der Waals surface area contributed by atoms with Gasteiger partial charge in [0.25, 0.3) is 5.91 Å². The number of aliphatic carboxylic acids is 2. The maximum absolute atomic E-state index is 12.3. The van der Waals surface area contributed by atoms with Crippen LogP contribution in [0.15, 0.2) is 30.3 Å². The number of piperazine rings is 1. The first-order valence-corrected chi connectivity index (χ1v) is 10.1. The van der Waals surface area contributed by atoms with Crippen molar-refractivity contribution < 1.29 is 29.3 Å². The van der Waals surface area contributed by atoms with E-state index >= 15 is 0 Å². The first-order valence-electron chi connectivity index (χ1n) is 10.1. The molecular weight excluding hydrogens is 376 g/mol. The number of amides is 1. The zero-order chi connectivity index (χ0) is 21.1. The molecule has 0 atom stereocenters. The van der Waals surface area contributed by atoms with E-state index in [9.17, 15) is 4.79 Å². The standard InChI is InChI=1S/C19H28N2O2.C2H2O4/c22-19(16-23-18-10-6-3-7-11-18)21-14-12-20(13-15-21)17-8-4-1-2-5-9-17;3-1(4)2(5)6/h3,6-7,10-11,17H,1-2,4-5,8-9,12-16H2;(H,3,4)(H,5,6). The van der Waals surface area contributed by atoms with Crippen LogP contribution in [0.5, 0.6) is 5.75 Å². The summed E-state index contributed by atoms with van der Waals surface area (Å²) < 4.78 is 5.58. The van der Waals surface area contributed by atoms with Crippen molar-refractivity contribution in [1.82, 2.24) is 9.80 Å². The first kappa shape index (κ1) is 22.7. The second-order valence-electron chi connectivity index (χ2n) is 7.27. The lowest BCUT2D eigenvalue weighted by Gasteiger charge is -2.39. The molecule has 0 radical (unpaired) electrons. The van der Waals surface area contributed by atoms with Crippen LogP contribution in [-0.4, -0.2) is 76.7 Å². The minimum atomic E-state index is -1.82. The van der Waals surface area contributed by atoms with Gasteiger partial charge in [0.1, 0.15) is 5.75 Å². The number of carbonyl (C=O) groups is 3. The van der Waals surface area contributed by atoms with Crippen molar-refractivity contribution in [3.63, 3.8) is 0 Å². The van der Waals surface area contributed by atoms with E-state index in [1.54, 1.807) is 0 Å². The summed E-state index contributed by atoms with van der Waals surface area (Å²) in [6.45, 7) is 3.86. The van der Waals surface area contributed by atoms with Crippen LogP contribution < -0.4 is 4.74 Å². The third kappa shape index (κ3) is 8.11. The number of carboxylic acid groups (broad SMARTS) is 2. The molecule has 29 heavy (non-hydrogen) atoms. The Morgan fingerprint density at radius 2 is 1.41 bits per heavy atom. The summed E-state index contributed by atoms with van der Waals surface area (Å²) in [5.41, 5.74) is 0. The van der Waals surface area contributed by atoms with E-state index in [0.717, 1.165) is 38.0 Å². The van der Waals surface area contributed by atoms with Crippen molar-refractivity contribution in [3.05, 3.63) is 30.3 Å². The van der Waals surface area contributed by atoms with E-state index in [1.165, 1.54) is 38.5 Å². The number of hydrogen-bond donors (Lipinski definition) is 2. The van der Waals surface area contributed by atoms with E-state index in [1.807, 2.05) is 35.2 Å².